The third-order valence-corrected chi connectivity index (χ3v) is 3.52. The molecule has 1 aromatic carbocycles. The number of anilines is 1. The van der Waals surface area contributed by atoms with Crippen molar-refractivity contribution in [2.75, 3.05) is 12.4 Å². The van der Waals surface area contributed by atoms with E-state index in [1.54, 1.807) is 38.5 Å². The molecule has 0 saturated heterocycles. The Morgan fingerprint density at radius 2 is 2.09 bits per heavy atom. The lowest BCUT2D eigenvalue weighted by Crippen LogP contribution is -2.39. The van der Waals surface area contributed by atoms with Crippen LogP contribution in [0.5, 0.6) is 5.75 Å². The first-order valence-corrected chi connectivity index (χ1v) is 7.33. The lowest BCUT2D eigenvalue weighted by molar-refractivity contribution is -0.118. The van der Waals surface area contributed by atoms with Gasteiger partial charge in [0.15, 0.2) is 0 Å². The Morgan fingerprint density at radius 1 is 1.32 bits per heavy atom. The number of benzene rings is 1. The van der Waals surface area contributed by atoms with Crippen LogP contribution in [-0.4, -0.2) is 19.1 Å². The predicted molar refractivity (Wildman–Crippen MR) is 86.4 cm³/mol. The standard InChI is InChI=1S/C16H19ClN2O3/c1-10(14-5-4-8-22-14)18-11(2)16(20)19-13-9-12(17)6-7-15(13)21-3/h4-11,18H,1-3H3,(H,19,20)/t10-,11-/m1/s1. The van der Waals surface area contributed by atoms with E-state index in [0.29, 0.717) is 16.5 Å². The summed E-state index contributed by atoms with van der Waals surface area (Å²) in [6.07, 6.45) is 1.61. The molecule has 2 aromatic rings. The van der Waals surface area contributed by atoms with Gasteiger partial charge in [0.05, 0.1) is 31.1 Å². The Balaban J connectivity index is 2.01. The highest BCUT2D eigenvalue weighted by molar-refractivity contribution is 6.31. The van der Waals surface area contributed by atoms with Gasteiger partial charge in [0.25, 0.3) is 0 Å². The molecule has 6 heteroatoms. The molecule has 2 N–H and O–H groups in total. The number of ether oxygens (including phenoxy) is 1. The van der Waals surface area contributed by atoms with Crippen molar-refractivity contribution in [3.05, 3.63) is 47.4 Å². The second-order valence-corrected chi connectivity index (χ2v) is 5.40. The first kappa shape index (κ1) is 16.4. The molecule has 0 saturated carbocycles. The smallest absolute Gasteiger partial charge is 0.241 e. The van der Waals surface area contributed by atoms with Crippen LogP contribution in [0.1, 0.15) is 25.6 Å². The van der Waals surface area contributed by atoms with Gasteiger partial charge in [-0.3, -0.25) is 10.1 Å². The second-order valence-electron chi connectivity index (χ2n) is 4.96. The lowest BCUT2D eigenvalue weighted by Gasteiger charge is -2.19. The number of amides is 1. The van der Waals surface area contributed by atoms with Crippen LogP contribution in [0.15, 0.2) is 41.0 Å². The first-order valence-electron chi connectivity index (χ1n) is 6.95. The summed E-state index contributed by atoms with van der Waals surface area (Å²) in [4.78, 5) is 12.3. The van der Waals surface area contributed by atoms with Gasteiger partial charge in [-0.1, -0.05) is 11.6 Å². The van der Waals surface area contributed by atoms with Crippen molar-refractivity contribution >= 4 is 23.2 Å². The summed E-state index contributed by atoms with van der Waals surface area (Å²) < 4.78 is 10.5. The zero-order chi connectivity index (χ0) is 16.1. The number of rotatable bonds is 6. The Kier molecular flexibility index (Phi) is 5.46. The summed E-state index contributed by atoms with van der Waals surface area (Å²) in [5.41, 5.74) is 0.541. The number of hydrogen-bond donors (Lipinski definition) is 2. The van der Waals surface area contributed by atoms with Gasteiger partial charge in [0.2, 0.25) is 5.91 Å². The number of carbonyl (C=O) groups is 1. The molecule has 0 radical (unpaired) electrons. The third kappa shape index (κ3) is 4.02. The van der Waals surface area contributed by atoms with Gasteiger partial charge in [0.1, 0.15) is 11.5 Å². The highest BCUT2D eigenvalue weighted by atomic mass is 35.5. The summed E-state index contributed by atoms with van der Waals surface area (Å²) >= 11 is 5.95. The largest absolute Gasteiger partial charge is 0.495 e. The zero-order valence-electron chi connectivity index (χ0n) is 12.7. The molecule has 118 valence electrons. The van der Waals surface area contributed by atoms with Crippen LogP contribution < -0.4 is 15.4 Å². The highest BCUT2D eigenvalue weighted by Crippen LogP contribution is 2.27. The average molecular weight is 323 g/mol. The van der Waals surface area contributed by atoms with Crippen LogP contribution in [0.4, 0.5) is 5.69 Å². The number of hydrogen-bond acceptors (Lipinski definition) is 4. The van der Waals surface area contributed by atoms with Crippen molar-refractivity contribution in [3.63, 3.8) is 0 Å². The molecule has 2 atom stereocenters. The van der Waals surface area contributed by atoms with Crippen molar-refractivity contribution in [1.29, 1.82) is 0 Å². The van der Waals surface area contributed by atoms with Crippen molar-refractivity contribution in [2.24, 2.45) is 0 Å². The molecule has 0 aliphatic heterocycles. The molecule has 0 aliphatic rings. The van der Waals surface area contributed by atoms with Crippen molar-refractivity contribution in [2.45, 2.75) is 25.9 Å². The molecule has 1 aromatic heterocycles. The number of furan rings is 1. The monoisotopic (exact) mass is 322 g/mol. The molecule has 5 nitrogen and oxygen atoms in total. The minimum atomic E-state index is -0.413. The van der Waals surface area contributed by atoms with E-state index in [1.807, 2.05) is 19.1 Å². The molecule has 0 spiro atoms. The maximum Gasteiger partial charge on any atom is 0.241 e. The van der Waals surface area contributed by atoms with Gasteiger partial charge in [-0.05, 0) is 44.2 Å². The van der Waals surface area contributed by atoms with E-state index in [0.717, 1.165) is 5.76 Å². The number of halogens is 1. The SMILES string of the molecule is COc1ccc(Cl)cc1NC(=O)[C@@H](C)N[C@H](C)c1ccco1. The van der Waals surface area contributed by atoms with Gasteiger partial charge in [-0.2, -0.15) is 0 Å². The fraction of sp³-hybridized carbons (Fsp3) is 0.312. The van der Waals surface area contributed by atoms with Gasteiger partial charge in [-0.15, -0.1) is 0 Å². The summed E-state index contributed by atoms with van der Waals surface area (Å²) in [6.45, 7) is 3.72. The summed E-state index contributed by atoms with van der Waals surface area (Å²) in [6, 6.07) is 8.26. The molecule has 2 rings (SSSR count). The lowest BCUT2D eigenvalue weighted by atomic mass is 10.2. The van der Waals surface area contributed by atoms with Crippen LogP contribution in [0.25, 0.3) is 0 Å². The number of carbonyl (C=O) groups excluding carboxylic acids is 1. The van der Waals surface area contributed by atoms with E-state index < -0.39 is 6.04 Å². The van der Waals surface area contributed by atoms with E-state index in [1.165, 1.54) is 0 Å². The molecule has 1 amide bonds. The Hall–Kier alpha value is -1.98. The molecule has 0 aliphatic carbocycles. The van der Waals surface area contributed by atoms with Crippen LogP contribution in [0.2, 0.25) is 5.02 Å². The molecular weight excluding hydrogens is 304 g/mol. The highest BCUT2D eigenvalue weighted by Gasteiger charge is 2.19. The fourth-order valence-corrected chi connectivity index (χ4v) is 2.26. The average Bonchev–Trinajstić information content (AvgIpc) is 3.01. The van der Waals surface area contributed by atoms with Crippen LogP contribution >= 0.6 is 11.6 Å². The quantitative estimate of drug-likeness (QED) is 0.852. The first-order chi connectivity index (χ1) is 10.5. The molecule has 1 heterocycles. The van der Waals surface area contributed by atoms with Gasteiger partial charge >= 0.3 is 0 Å². The molecule has 0 unspecified atom stereocenters. The van der Waals surface area contributed by atoms with Crippen molar-refractivity contribution in [3.8, 4) is 5.75 Å². The fourth-order valence-electron chi connectivity index (χ4n) is 2.09. The maximum atomic E-state index is 12.3. The zero-order valence-corrected chi connectivity index (χ0v) is 13.5. The Morgan fingerprint density at radius 3 is 2.73 bits per heavy atom. The Labute approximate surface area is 134 Å². The Bertz CT molecular complexity index is 628. The summed E-state index contributed by atoms with van der Waals surface area (Å²) in [5, 5.41) is 6.51. The van der Waals surface area contributed by atoms with E-state index >= 15 is 0 Å². The number of methoxy groups -OCH3 is 1. The molecule has 0 bridgehead atoms. The van der Waals surface area contributed by atoms with Crippen LogP contribution in [0.3, 0.4) is 0 Å². The van der Waals surface area contributed by atoms with E-state index in [4.69, 9.17) is 20.8 Å². The molecule has 0 fully saturated rings. The number of nitrogens with one attached hydrogen (secondary N) is 2. The minimum absolute atomic E-state index is 0.0722. The summed E-state index contributed by atoms with van der Waals surface area (Å²) in [7, 11) is 1.54. The summed E-state index contributed by atoms with van der Waals surface area (Å²) in [5.74, 6) is 1.16. The maximum absolute atomic E-state index is 12.3. The third-order valence-electron chi connectivity index (χ3n) is 3.28. The topological polar surface area (TPSA) is 63.5 Å². The van der Waals surface area contributed by atoms with E-state index in [-0.39, 0.29) is 11.9 Å². The van der Waals surface area contributed by atoms with Gasteiger partial charge < -0.3 is 14.5 Å². The van der Waals surface area contributed by atoms with E-state index in [2.05, 4.69) is 10.6 Å². The van der Waals surface area contributed by atoms with Crippen molar-refractivity contribution in [1.82, 2.24) is 5.32 Å². The van der Waals surface area contributed by atoms with Crippen molar-refractivity contribution < 1.29 is 13.9 Å². The van der Waals surface area contributed by atoms with Crippen LogP contribution in [-0.2, 0) is 4.79 Å². The second kappa shape index (κ2) is 7.33. The van der Waals surface area contributed by atoms with Gasteiger partial charge in [-0.25, -0.2) is 0 Å². The molecule has 22 heavy (non-hydrogen) atoms. The van der Waals surface area contributed by atoms with Gasteiger partial charge in [0, 0.05) is 5.02 Å². The minimum Gasteiger partial charge on any atom is -0.495 e. The van der Waals surface area contributed by atoms with Crippen LogP contribution in [0, 0.1) is 0 Å². The van der Waals surface area contributed by atoms with E-state index in [9.17, 15) is 4.79 Å². The predicted octanol–water partition coefficient (Wildman–Crippen LogP) is 3.62. The molecular formula is C16H19ClN2O3. The normalized spacial score (nSPS) is 13.5.